The minimum absolute atomic E-state index is 0.123. The molecule has 1 rings (SSSR count). The van der Waals surface area contributed by atoms with Crippen LogP contribution in [0.5, 0.6) is 0 Å². The van der Waals surface area contributed by atoms with Crippen molar-refractivity contribution < 1.29 is 9.84 Å². The van der Waals surface area contributed by atoms with Gasteiger partial charge in [0.1, 0.15) is 0 Å². The van der Waals surface area contributed by atoms with Crippen LogP contribution in [0.2, 0.25) is 0 Å². The Labute approximate surface area is 105 Å². The molecule has 102 valence electrons. The number of aliphatic hydroxyl groups is 1. The van der Waals surface area contributed by atoms with Crippen molar-refractivity contribution >= 4 is 0 Å². The lowest BCUT2D eigenvalue weighted by molar-refractivity contribution is -0.0272. The Hall–Kier alpha value is -0.160. The molecule has 1 atom stereocenters. The van der Waals surface area contributed by atoms with E-state index >= 15 is 0 Å². The summed E-state index contributed by atoms with van der Waals surface area (Å²) in [6, 6.07) is 0.493. The molecule has 0 aromatic rings. The van der Waals surface area contributed by atoms with Crippen LogP contribution in [0.4, 0.5) is 0 Å². The van der Waals surface area contributed by atoms with Gasteiger partial charge in [-0.05, 0) is 33.1 Å². The molecule has 3 N–H and O–H groups in total. The second-order valence-electron chi connectivity index (χ2n) is 5.50. The molecule has 0 amide bonds. The highest BCUT2D eigenvalue weighted by atomic mass is 16.5. The van der Waals surface area contributed by atoms with Crippen LogP contribution in [0.15, 0.2) is 0 Å². The molecule has 0 aromatic carbocycles. The second kappa shape index (κ2) is 7.31. The molecule has 4 nitrogen and oxygen atoms in total. The number of rotatable bonds is 7. The molecule has 1 heterocycles. The summed E-state index contributed by atoms with van der Waals surface area (Å²) in [6.07, 6.45) is 3.11. The van der Waals surface area contributed by atoms with Crippen LogP contribution < -0.4 is 5.73 Å². The van der Waals surface area contributed by atoms with Gasteiger partial charge < -0.3 is 20.5 Å². The minimum Gasteiger partial charge on any atom is -0.396 e. The number of aliphatic hydroxyl groups excluding tert-OH is 1. The van der Waals surface area contributed by atoms with Gasteiger partial charge in [-0.15, -0.1) is 0 Å². The first-order chi connectivity index (χ1) is 8.13. The van der Waals surface area contributed by atoms with E-state index < -0.39 is 0 Å². The van der Waals surface area contributed by atoms with Gasteiger partial charge in [0.2, 0.25) is 0 Å². The van der Waals surface area contributed by atoms with E-state index in [4.69, 9.17) is 15.6 Å². The van der Waals surface area contributed by atoms with Crippen LogP contribution in [0, 0.1) is 5.41 Å². The summed E-state index contributed by atoms with van der Waals surface area (Å²) in [4.78, 5) is 2.41. The van der Waals surface area contributed by atoms with E-state index in [0.29, 0.717) is 12.6 Å². The molecule has 0 saturated carbocycles. The number of hydrogen-bond acceptors (Lipinski definition) is 4. The van der Waals surface area contributed by atoms with Crippen molar-refractivity contribution in [2.45, 2.75) is 39.2 Å². The normalized spacial score (nSPS) is 25.8. The number of nitrogens with zero attached hydrogens (tertiary/aromatic N) is 1. The first-order valence-electron chi connectivity index (χ1n) is 6.76. The van der Waals surface area contributed by atoms with Crippen molar-refractivity contribution in [3.05, 3.63) is 0 Å². The third kappa shape index (κ3) is 4.54. The van der Waals surface area contributed by atoms with E-state index in [1.54, 1.807) is 0 Å². The second-order valence-corrected chi connectivity index (χ2v) is 5.50. The Balaban J connectivity index is 2.55. The summed E-state index contributed by atoms with van der Waals surface area (Å²) in [6.45, 7) is 8.93. The molecular weight excluding hydrogens is 216 g/mol. The molecule has 17 heavy (non-hydrogen) atoms. The van der Waals surface area contributed by atoms with Gasteiger partial charge in [-0.25, -0.2) is 0 Å². The zero-order valence-electron chi connectivity index (χ0n) is 11.3. The SMILES string of the molecule is CC(C)N(CCCO)CC1(CN)CCCOC1. The van der Waals surface area contributed by atoms with Gasteiger partial charge in [-0.3, -0.25) is 0 Å². The molecule has 0 spiro atoms. The highest BCUT2D eigenvalue weighted by Gasteiger charge is 2.33. The van der Waals surface area contributed by atoms with E-state index in [0.717, 1.165) is 45.6 Å². The standard InChI is InChI=1S/C13H28N2O2/c1-12(2)15(6-4-7-16)10-13(9-14)5-3-8-17-11-13/h12,16H,3-11,14H2,1-2H3. The molecule has 4 heteroatoms. The van der Waals surface area contributed by atoms with Crippen LogP contribution in [0.1, 0.15) is 33.1 Å². The quantitative estimate of drug-likeness (QED) is 0.696. The lowest BCUT2D eigenvalue weighted by Crippen LogP contribution is -2.49. The fourth-order valence-corrected chi connectivity index (χ4v) is 2.48. The Bertz CT molecular complexity index is 204. The molecule has 0 aromatic heterocycles. The average molecular weight is 244 g/mol. The molecule has 1 unspecified atom stereocenters. The molecule has 1 aliphatic rings. The van der Waals surface area contributed by atoms with Crippen molar-refractivity contribution in [2.24, 2.45) is 11.1 Å². The maximum Gasteiger partial charge on any atom is 0.0546 e. The zero-order valence-corrected chi connectivity index (χ0v) is 11.3. The van der Waals surface area contributed by atoms with Gasteiger partial charge in [0.05, 0.1) is 6.61 Å². The molecule has 1 aliphatic heterocycles. The van der Waals surface area contributed by atoms with Gasteiger partial charge in [0.15, 0.2) is 0 Å². The Kier molecular flexibility index (Phi) is 6.41. The van der Waals surface area contributed by atoms with Gasteiger partial charge >= 0.3 is 0 Å². The lowest BCUT2D eigenvalue weighted by Gasteiger charge is -2.41. The molecule has 1 saturated heterocycles. The largest absolute Gasteiger partial charge is 0.396 e. The molecule has 0 radical (unpaired) electrons. The maximum absolute atomic E-state index is 8.95. The maximum atomic E-state index is 8.95. The van der Waals surface area contributed by atoms with Gasteiger partial charge in [0, 0.05) is 44.3 Å². The van der Waals surface area contributed by atoms with E-state index in [9.17, 15) is 0 Å². The lowest BCUT2D eigenvalue weighted by atomic mass is 9.81. The van der Waals surface area contributed by atoms with Crippen LogP contribution in [-0.2, 0) is 4.74 Å². The minimum atomic E-state index is 0.123. The van der Waals surface area contributed by atoms with E-state index in [1.165, 1.54) is 0 Å². The highest BCUT2D eigenvalue weighted by Crippen LogP contribution is 2.29. The van der Waals surface area contributed by atoms with E-state index in [1.807, 2.05) is 0 Å². The molecule has 0 aliphatic carbocycles. The van der Waals surface area contributed by atoms with Gasteiger partial charge in [-0.1, -0.05) is 0 Å². The Morgan fingerprint density at radius 2 is 2.24 bits per heavy atom. The molecular formula is C13H28N2O2. The van der Waals surface area contributed by atoms with E-state index in [-0.39, 0.29) is 12.0 Å². The predicted octanol–water partition coefficient (Wildman–Crippen LogP) is 0.835. The first kappa shape index (κ1) is 14.9. The van der Waals surface area contributed by atoms with Crippen molar-refractivity contribution in [1.29, 1.82) is 0 Å². The Morgan fingerprint density at radius 1 is 1.47 bits per heavy atom. The van der Waals surface area contributed by atoms with Crippen LogP contribution in [0.3, 0.4) is 0 Å². The fourth-order valence-electron chi connectivity index (χ4n) is 2.48. The molecule has 0 bridgehead atoms. The summed E-state index contributed by atoms with van der Waals surface area (Å²) in [5.41, 5.74) is 6.08. The number of ether oxygens (including phenoxy) is 1. The topological polar surface area (TPSA) is 58.7 Å². The zero-order chi connectivity index (χ0) is 12.7. The molecule has 1 fully saturated rings. The van der Waals surface area contributed by atoms with Gasteiger partial charge in [-0.2, -0.15) is 0 Å². The van der Waals surface area contributed by atoms with Crippen LogP contribution >= 0.6 is 0 Å². The Morgan fingerprint density at radius 3 is 2.71 bits per heavy atom. The number of nitrogens with two attached hydrogens (primary N) is 1. The third-order valence-electron chi connectivity index (χ3n) is 3.71. The summed E-state index contributed by atoms with van der Waals surface area (Å²) in [5, 5.41) is 8.95. The van der Waals surface area contributed by atoms with E-state index in [2.05, 4.69) is 18.7 Å². The first-order valence-corrected chi connectivity index (χ1v) is 6.76. The van der Waals surface area contributed by atoms with Crippen molar-refractivity contribution in [2.75, 3.05) is 39.5 Å². The smallest absolute Gasteiger partial charge is 0.0546 e. The fraction of sp³-hybridized carbons (Fsp3) is 1.00. The predicted molar refractivity (Wildman–Crippen MR) is 70.0 cm³/mol. The summed E-state index contributed by atoms with van der Waals surface area (Å²) in [5.74, 6) is 0. The summed E-state index contributed by atoms with van der Waals surface area (Å²) < 4.78 is 5.61. The highest BCUT2D eigenvalue weighted by molar-refractivity contribution is 4.87. The summed E-state index contributed by atoms with van der Waals surface area (Å²) in [7, 11) is 0. The average Bonchev–Trinajstić information content (AvgIpc) is 2.35. The van der Waals surface area contributed by atoms with Crippen molar-refractivity contribution in [1.82, 2.24) is 4.90 Å². The van der Waals surface area contributed by atoms with Crippen LogP contribution in [-0.4, -0.2) is 55.5 Å². The third-order valence-corrected chi connectivity index (χ3v) is 3.71. The number of hydrogen-bond donors (Lipinski definition) is 2. The monoisotopic (exact) mass is 244 g/mol. The summed E-state index contributed by atoms with van der Waals surface area (Å²) >= 11 is 0. The van der Waals surface area contributed by atoms with Crippen molar-refractivity contribution in [3.8, 4) is 0 Å². The van der Waals surface area contributed by atoms with Gasteiger partial charge in [0.25, 0.3) is 0 Å². The van der Waals surface area contributed by atoms with Crippen molar-refractivity contribution in [3.63, 3.8) is 0 Å². The van der Waals surface area contributed by atoms with Crippen LogP contribution in [0.25, 0.3) is 0 Å².